The van der Waals surface area contributed by atoms with Gasteiger partial charge in [0.15, 0.2) is 0 Å². The van der Waals surface area contributed by atoms with Gasteiger partial charge in [0.05, 0.1) is 12.1 Å². The van der Waals surface area contributed by atoms with Crippen LogP contribution in [0.2, 0.25) is 0 Å². The fourth-order valence-electron chi connectivity index (χ4n) is 2.63. The molecule has 0 unspecified atom stereocenters. The maximum Gasteiger partial charge on any atom is 0.242 e. The molecule has 0 spiro atoms. The zero-order valence-corrected chi connectivity index (χ0v) is 11.8. The molecule has 18 heavy (non-hydrogen) atoms. The Kier molecular flexibility index (Phi) is 4.40. The van der Waals surface area contributed by atoms with E-state index in [1.807, 2.05) is 23.3 Å². The second-order valence-corrected chi connectivity index (χ2v) is 6.15. The van der Waals surface area contributed by atoms with Gasteiger partial charge in [-0.15, -0.1) is 11.3 Å². The lowest BCUT2D eigenvalue weighted by molar-refractivity contribution is -0.138. The Morgan fingerprint density at radius 3 is 2.72 bits per heavy atom. The number of nitrogens with two attached hydrogens (primary N) is 1. The van der Waals surface area contributed by atoms with E-state index < -0.39 is 5.54 Å². The van der Waals surface area contributed by atoms with Crippen LogP contribution in [0.5, 0.6) is 0 Å². The predicted octanol–water partition coefficient (Wildman–Crippen LogP) is 2.76. The molecule has 0 aliphatic heterocycles. The van der Waals surface area contributed by atoms with Crippen LogP contribution in [0.4, 0.5) is 0 Å². The summed E-state index contributed by atoms with van der Waals surface area (Å²) in [5.74, 6) is 0.137. The lowest BCUT2D eigenvalue weighted by atomic mass is 9.81. The number of amides is 1. The number of rotatable bonds is 4. The topological polar surface area (TPSA) is 46.3 Å². The molecule has 2 rings (SSSR count). The molecule has 0 saturated heterocycles. The van der Waals surface area contributed by atoms with Crippen molar-refractivity contribution in [1.82, 2.24) is 4.90 Å². The largest absolute Gasteiger partial charge is 0.336 e. The smallest absolute Gasteiger partial charge is 0.242 e. The van der Waals surface area contributed by atoms with E-state index in [1.54, 1.807) is 11.3 Å². The molecule has 1 amide bonds. The Morgan fingerprint density at radius 2 is 2.17 bits per heavy atom. The molecule has 1 heterocycles. The van der Waals surface area contributed by atoms with Gasteiger partial charge in [0.25, 0.3) is 0 Å². The lowest BCUT2D eigenvalue weighted by Crippen LogP contribution is -2.56. The second-order valence-electron chi connectivity index (χ2n) is 5.12. The maximum absolute atomic E-state index is 12.6. The molecule has 0 bridgehead atoms. The van der Waals surface area contributed by atoms with Crippen LogP contribution in [0.1, 0.15) is 43.9 Å². The third kappa shape index (κ3) is 2.93. The van der Waals surface area contributed by atoms with Crippen molar-refractivity contribution < 1.29 is 4.79 Å². The molecule has 0 atom stereocenters. The quantitative estimate of drug-likeness (QED) is 0.911. The SMILES string of the molecule is CCN(Cc1cccs1)C(=O)C1(N)CCCCC1. The van der Waals surface area contributed by atoms with E-state index in [9.17, 15) is 4.79 Å². The van der Waals surface area contributed by atoms with Crippen molar-refractivity contribution in [2.45, 2.75) is 51.1 Å². The lowest BCUT2D eigenvalue weighted by Gasteiger charge is -2.36. The fourth-order valence-corrected chi connectivity index (χ4v) is 3.35. The fraction of sp³-hybridized carbons (Fsp3) is 0.643. The van der Waals surface area contributed by atoms with Gasteiger partial charge in [0.2, 0.25) is 5.91 Å². The van der Waals surface area contributed by atoms with Crippen molar-refractivity contribution in [1.29, 1.82) is 0 Å². The summed E-state index contributed by atoms with van der Waals surface area (Å²) in [4.78, 5) is 15.7. The van der Waals surface area contributed by atoms with Crippen molar-refractivity contribution in [3.8, 4) is 0 Å². The number of carbonyl (C=O) groups excluding carboxylic acids is 1. The Hall–Kier alpha value is -0.870. The van der Waals surface area contributed by atoms with E-state index in [0.29, 0.717) is 6.54 Å². The number of carbonyl (C=O) groups is 1. The van der Waals surface area contributed by atoms with E-state index in [1.165, 1.54) is 11.3 Å². The van der Waals surface area contributed by atoms with E-state index in [4.69, 9.17) is 5.73 Å². The van der Waals surface area contributed by atoms with Gasteiger partial charge in [-0.25, -0.2) is 0 Å². The number of nitrogens with zero attached hydrogens (tertiary/aromatic N) is 1. The summed E-state index contributed by atoms with van der Waals surface area (Å²) in [7, 11) is 0. The van der Waals surface area contributed by atoms with Gasteiger partial charge in [-0.3, -0.25) is 4.79 Å². The first-order valence-corrected chi connectivity index (χ1v) is 7.64. The molecule has 1 aliphatic carbocycles. The summed E-state index contributed by atoms with van der Waals surface area (Å²) in [5.41, 5.74) is 5.71. The van der Waals surface area contributed by atoms with Gasteiger partial charge in [-0.1, -0.05) is 25.3 Å². The van der Waals surface area contributed by atoms with Gasteiger partial charge < -0.3 is 10.6 Å². The number of thiophene rings is 1. The predicted molar refractivity (Wildman–Crippen MR) is 75.4 cm³/mol. The molecule has 1 aromatic rings. The minimum absolute atomic E-state index is 0.137. The molecule has 1 aliphatic rings. The molecule has 1 saturated carbocycles. The first-order valence-electron chi connectivity index (χ1n) is 6.76. The third-order valence-electron chi connectivity index (χ3n) is 3.77. The van der Waals surface area contributed by atoms with Gasteiger partial charge in [-0.2, -0.15) is 0 Å². The first kappa shape index (κ1) is 13.6. The molecule has 0 aromatic carbocycles. The normalized spacial score (nSPS) is 18.6. The van der Waals surface area contributed by atoms with Crippen LogP contribution >= 0.6 is 11.3 Å². The highest BCUT2D eigenvalue weighted by atomic mass is 32.1. The summed E-state index contributed by atoms with van der Waals surface area (Å²) in [6.07, 6.45) is 5.06. The molecule has 1 fully saturated rings. The van der Waals surface area contributed by atoms with Crippen LogP contribution in [-0.2, 0) is 11.3 Å². The summed E-state index contributed by atoms with van der Waals surface area (Å²) in [5, 5.41) is 2.05. The van der Waals surface area contributed by atoms with Crippen molar-refractivity contribution >= 4 is 17.2 Å². The zero-order valence-electron chi connectivity index (χ0n) is 11.0. The van der Waals surface area contributed by atoms with Crippen LogP contribution < -0.4 is 5.73 Å². The summed E-state index contributed by atoms with van der Waals surface area (Å²) in [6, 6.07) is 4.10. The molecular weight excluding hydrogens is 244 g/mol. The first-order chi connectivity index (χ1) is 8.65. The van der Waals surface area contributed by atoms with Crippen LogP contribution in [0, 0.1) is 0 Å². The average Bonchev–Trinajstić information content (AvgIpc) is 2.89. The van der Waals surface area contributed by atoms with E-state index in [2.05, 4.69) is 6.07 Å². The Morgan fingerprint density at radius 1 is 1.44 bits per heavy atom. The second kappa shape index (κ2) is 5.85. The molecular formula is C14H22N2OS. The maximum atomic E-state index is 12.6. The summed E-state index contributed by atoms with van der Waals surface area (Å²) in [6.45, 7) is 3.46. The monoisotopic (exact) mass is 266 g/mol. The van der Waals surface area contributed by atoms with Crippen molar-refractivity contribution in [2.75, 3.05) is 6.54 Å². The molecule has 1 aromatic heterocycles. The highest BCUT2D eigenvalue weighted by Crippen LogP contribution is 2.28. The summed E-state index contributed by atoms with van der Waals surface area (Å²) >= 11 is 1.69. The standard InChI is InChI=1S/C14H22N2OS/c1-2-16(11-12-7-6-10-18-12)13(17)14(15)8-4-3-5-9-14/h6-7,10H,2-5,8-9,11,15H2,1H3. The minimum Gasteiger partial charge on any atom is -0.336 e. The Bertz CT molecular complexity index is 383. The van der Waals surface area contributed by atoms with Crippen molar-refractivity contribution in [3.05, 3.63) is 22.4 Å². The zero-order chi connectivity index (χ0) is 13.0. The molecule has 3 nitrogen and oxygen atoms in total. The average molecular weight is 266 g/mol. The van der Waals surface area contributed by atoms with Gasteiger partial charge in [-0.05, 0) is 31.2 Å². The van der Waals surface area contributed by atoms with Gasteiger partial charge >= 0.3 is 0 Å². The van der Waals surface area contributed by atoms with Gasteiger partial charge in [0, 0.05) is 11.4 Å². The third-order valence-corrected chi connectivity index (χ3v) is 4.63. The highest BCUT2D eigenvalue weighted by Gasteiger charge is 2.37. The van der Waals surface area contributed by atoms with Crippen LogP contribution in [0.25, 0.3) is 0 Å². The highest BCUT2D eigenvalue weighted by molar-refractivity contribution is 7.09. The minimum atomic E-state index is -0.606. The van der Waals surface area contributed by atoms with Crippen LogP contribution in [0.3, 0.4) is 0 Å². The molecule has 4 heteroatoms. The van der Waals surface area contributed by atoms with Gasteiger partial charge in [0.1, 0.15) is 0 Å². The molecule has 0 radical (unpaired) electrons. The number of hydrogen-bond donors (Lipinski definition) is 1. The van der Waals surface area contributed by atoms with E-state index in [-0.39, 0.29) is 5.91 Å². The molecule has 2 N–H and O–H groups in total. The van der Waals surface area contributed by atoms with Crippen LogP contribution in [-0.4, -0.2) is 22.9 Å². The van der Waals surface area contributed by atoms with Crippen molar-refractivity contribution in [3.63, 3.8) is 0 Å². The number of likely N-dealkylation sites (N-methyl/N-ethyl adjacent to an activating group) is 1. The van der Waals surface area contributed by atoms with Crippen LogP contribution in [0.15, 0.2) is 17.5 Å². The summed E-state index contributed by atoms with van der Waals surface area (Å²) < 4.78 is 0. The van der Waals surface area contributed by atoms with E-state index >= 15 is 0 Å². The van der Waals surface area contributed by atoms with Crippen molar-refractivity contribution in [2.24, 2.45) is 5.73 Å². The Labute approximate surface area is 113 Å². The molecule has 100 valence electrons. The number of hydrogen-bond acceptors (Lipinski definition) is 3. The van der Waals surface area contributed by atoms with E-state index in [0.717, 1.165) is 32.2 Å². The Balaban J connectivity index is 2.04.